The third-order valence-corrected chi connectivity index (χ3v) is 23.0. The summed E-state index contributed by atoms with van der Waals surface area (Å²) in [6, 6.07) is -4.14. The van der Waals surface area contributed by atoms with E-state index >= 15 is 0 Å². The van der Waals surface area contributed by atoms with Gasteiger partial charge in [-0.2, -0.15) is 0 Å². The highest BCUT2D eigenvalue weighted by molar-refractivity contribution is 6.03. The third kappa shape index (κ3) is 26.6. The van der Waals surface area contributed by atoms with E-state index in [1.54, 1.807) is 34.6 Å². The first-order valence-corrected chi connectivity index (χ1v) is 42.0. The minimum Gasteiger partial charge on any atom is -0.354 e. The Morgan fingerprint density at radius 1 is 0.470 bits per heavy atom. The molecule has 15 amide bonds. The van der Waals surface area contributed by atoms with Crippen LogP contribution in [-0.2, 0) is 76.7 Å². The number of ketones is 1. The van der Waals surface area contributed by atoms with Crippen LogP contribution in [0.4, 0.5) is 0 Å². The number of piperidine rings is 2. The summed E-state index contributed by atoms with van der Waals surface area (Å²) < 4.78 is 2.43. The van der Waals surface area contributed by atoms with E-state index in [0.717, 1.165) is 58.2 Å². The van der Waals surface area contributed by atoms with E-state index < -0.39 is 165 Å². The van der Waals surface area contributed by atoms with Crippen LogP contribution in [0.1, 0.15) is 260 Å². The normalized spacial score (nSPS) is 20.5. The number of carbonyl (C=O) groups is 16. The first-order valence-electron chi connectivity index (χ1n) is 42.0. The van der Waals surface area contributed by atoms with E-state index in [1.807, 2.05) is 27.7 Å². The molecular formula is C82H138N17O16+. The molecule has 4 aliphatic heterocycles. The lowest BCUT2D eigenvalue weighted by atomic mass is 9.72. The second-order valence-electron chi connectivity index (χ2n) is 36.9. The lowest BCUT2D eigenvalue weighted by Gasteiger charge is -2.41. The van der Waals surface area contributed by atoms with Crippen molar-refractivity contribution in [2.45, 2.75) is 329 Å². The molecular weight excluding hydrogens is 1480 g/mol. The fourth-order valence-corrected chi connectivity index (χ4v) is 15.9. The van der Waals surface area contributed by atoms with Gasteiger partial charge in [0.25, 0.3) is 0 Å². The first kappa shape index (κ1) is 95.0. The average molecular weight is 1620 g/mol. The molecule has 0 aromatic carbocycles. The van der Waals surface area contributed by atoms with E-state index in [1.165, 1.54) is 71.0 Å². The van der Waals surface area contributed by atoms with E-state index in [-0.39, 0.29) is 93.5 Å². The van der Waals surface area contributed by atoms with Crippen molar-refractivity contribution in [1.29, 1.82) is 0 Å². The Balaban J connectivity index is 0.935. The highest BCUT2D eigenvalue weighted by Gasteiger charge is 2.54. The zero-order chi connectivity index (χ0) is 86.1. The monoisotopic (exact) mass is 1620 g/mol. The van der Waals surface area contributed by atoms with Crippen LogP contribution in [0.5, 0.6) is 0 Å². The molecule has 2 saturated carbocycles. The molecule has 0 radical (unpaired) electrons. The topological polar surface area (TPSA) is 442 Å². The predicted octanol–water partition coefficient (Wildman–Crippen LogP) is 1.79. The predicted molar refractivity (Wildman–Crippen MR) is 431 cm³/mol. The van der Waals surface area contributed by atoms with E-state index in [9.17, 15) is 76.7 Å². The number of amidine groups is 1. The molecule has 8 atom stereocenters. The van der Waals surface area contributed by atoms with Crippen molar-refractivity contribution >= 4 is 100 Å². The Bertz CT molecular complexity index is 3640. The fraction of sp³-hybridized carbons (Fsp3) is 0.793. The molecule has 646 valence electrons. The smallest absolute Gasteiger partial charge is 0.248 e. The second kappa shape index (κ2) is 40.4. The third-order valence-electron chi connectivity index (χ3n) is 23.0. The van der Waals surface area contributed by atoms with Gasteiger partial charge in [-0.3, -0.25) is 86.2 Å². The van der Waals surface area contributed by atoms with E-state index in [0.29, 0.717) is 64.0 Å². The first-order chi connectivity index (χ1) is 53.5. The maximum absolute atomic E-state index is 14.5. The lowest BCUT2D eigenvalue weighted by molar-refractivity contribution is -0.530. The Kier molecular flexibility index (Phi) is 33.4. The van der Waals surface area contributed by atoms with Crippen molar-refractivity contribution in [3.8, 4) is 0 Å². The van der Waals surface area contributed by atoms with Crippen molar-refractivity contribution < 1.29 is 81.3 Å². The maximum atomic E-state index is 14.5. The zero-order valence-electron chi connectivity index (χ0n) is 72.1. The van der Waals surface area contributed by atoms with Crippen LogP contribution in [0.25, 0.3) is 0 Å². The van der Waals surface area contributed by atoms with Crippen LogP contribution in [0.2, 0.25) is 0 Å². The SMILES string of the molecule is CCC(C)(NC(=O)C1CCCCC1C(=O)C(C)(C)NC(=O)C1CCCCN1C(C)=O)C(=O)NC(C)(C)C(=O)NC(CC(C)C)C(=O)NCCC(=O)NCC(=O)NC1(C(=O)NC(C)(C)C(=O)N2CCCCC2C(=O)NC(C)(C)C(=O)NCC(=O)NC(CC(C)C)C(=O)NC(C)(C)C(=O)NC(CC(C)C)CN2CCC[N+]3=C2CCC3)CC1. The molecule has 0 aromatic heterocycles. The van der Waals surface area contributed by atoms with Gasteiger partial charge >= 0.3 is 0 Å². The molecule has 115 heavy (non-hydrogen) atoms. The summed E-state index contributed by atoms with van der Waals surface area (Å²) in [4.78, 5) is 226. The van der Waals surface area contributed by atoms with Gasteiger partial charge in [-0.1, -0.05) is 61.3 Å². The molecule has 0 bridgehead atoms. The number of rotatable bonds is 39. The Morgan fingerprint density at radius 3 is 1.57 bits per heavy atom. The van der Waals surface area contributed by atoms with Gasteiger partial charge in [0.15, 0.2) is 5.78 Å². The van der Waals surface area contributed by atoms with Crippen molar-refractivity contribution in [2.75, 3.05) is 58.9 Å². The van der Waals surface area contributed by atoms with Gasteiger partial charge in [0.1, 0.15) is 63.9 Å². The summed E-state index contributed by atoms with van der Waals surface area (Å²) in [5.41, 5.74) is -10.6. The summed E-state index contributed by atoms with van der Waals surface area (Å²) in [5, 5.41) is 35.9. The molecule has 6 aliphatic rings. The largest absolute Gasteiger partial charge is 0.354 e. The van der Waals surface area contributed by atoms with Gasteiger partial charge < -0.3 is 78.9 Å². The molecule has 33 nitrogen and oxygen atoms in total. The number of nitrogens with one attached hydrogen (secondary N) is 13. The van der Waals surface area contributed by atoms with E-state index in [2.05, 4.69) is 92.4 Å². The molecule has 8 unspecified atom stereocenters. The van der Waals surface area contributed by atoms with Crippen LogP contribution >= 0.6 is 0 Å². The molecule has 13 N–H and O–H groups in total. The van der Waals surface area contributed by atoms with Gasteiger partial charge in [-0.05, 0) is 190 Å². The summed E-state index contributed by atoms with van der Waals surface area (Å²) >= 11 is 0. The average Bonchev–Trinajstić information content (AvgIpc) is 1.59. The van der Waals surface area contributed by atoms with Gasteiger partial charge in [0, 0.05) is 51.2 Å². The summed E-state index contributed by atoms with van der Waals surface area (Å²) in [6.07, 6.45) is 9.85. The number of likely N-dealkylation sites (tertiary alicyclic amines) is 2. The zero-order valence-corrected chi connectivity index (χ0v) is 72.1. The highest BCUT2D eigenvalue weighted by atomic mass is 16.2. The molecule has 2 aliphatic carbocycles. The number of amides is 15. The van der Waals surface area contributed by atoms with Crippen molar-refractivity contribution in [2.24, 2.45) is 29.6 Å². The van der Waals surface area contributed by atoms with Crippen LogP contribution < -0.4 is 69.1 Å². The van der Waals surface area contributed by atoms with Crippen LogP contribution in [0, 0.1) is 29.6 Å². The number of Topliss-reactive ketones (excluding diaryl/α,β-unsaturated/α-hetero) is 1. The molecule has 4 fully saturated rings. The molecule has 33 heteroatoms. The van der Waals surface area contributed by atoms with Gasteiger partial charge in [0.2, 0.25) is 94.4 Å². The van der Waals surface area contributed by atoms with Gasteiger partial charge in [-0.25, -0.2) is 0 Å². The van der Waals surface area contributed by atoms with E-state index in [4.69, 9.17) is 0 Å². The quantitative estimate of drug-likeness (QED) is 0.0390. The molecule has 6 rings (SSSR count). The van der Waals surface area contributed by atoms with Crippen LogP contribution in [0.15, 0.2) is 0 Å². The van der Waals surface area contributed by atoms with Crippen LogP contribution in [0.3, 0.4) is 0 Å². The number of carbonyl (C=O) groups excluding carboxylic acids is 16. The van der Waals surface area contributed by atoms with Gasteiger partial charge in [0.05, 0.1) is 50.7 Å². The molecule has 0 aromatic rings. The van der Waals surface area contributed by atoms with Crippen molar-refractivity contribution in [3.63, 3.8) is 0 Å². The molecule has 2 saturated heterocycles. The Hall–Kier alpha value is -8.81. The second-order valence-corrected chi connectivity index (χ2v) is 36.9. The Labute approximate surface area is 679 Å². The fourth-order valence-electron chi connectivity index (χ4n) is 15.9. The number of nitrogens with zero attached hydrogens (tertiary/aromatic N) is 4. The van der Waals surface area contributed by atoms with Crippen molar-refractivity contribution in [1.82, 2.24) is 83.8 Å². The number of hydrogen-bond acceptors (Lipinski definition) is 17. The van der Waals surface area contributed by atoms with Crippen molar-refractivity contribution in [3.05, 3.63) is 0 Å². The summed E-state index contributed by atoms with van der Waals surface area (Å²) in [5.74, 6) is -9.42. The maximum Gasteiger partial charge on any atom is 0.248 e. The number of hydrogen-bond donors (Lipinski definition) is 13. The Morgan fingerprint density at radius 2 is 0.991 bits per heavy atom. The summed E-state index contributed by atoms with van der Waals surface area (Å²) in [7, 11) is 0. The summed E-state index contributed by atoms with van der Waals surface area (Å²) in [6.45, 7) is 34.3. The minimum atomic E-state index is -1.65. The molecule has 0 spiro atoms. The minimum absolute atomic E-state index is 0.0568. The molecule has 4 heterocycles. The lowest BCUT2D eigenvalue weighted by Crippen LogP contribution is -2.66. The standard InChI is InChI=1S/C82H137N17O16/c1-20-81(19,93-65(105)55-30-22-21-29-54(55)64(104)76(9,10)91-68(108)58-31-23-25-41-98(58)52(8)100)73(113)94-79(15,16)72(112)88-56(44-50(4)5)66(106)83-37-34-60(101)84-47-62(103)89-82(35-36-82)74(114)95-80(17,18)75(115)99-42-26-24-32-59(99)69(109)92-77(11,12)70(110)85-46-61(102)87-57(45-51(6)7)67(107)90-78(13,14)71(111)86-53(43-49(2)3)48-97-40-28-39-96-38-27-33-63(96)97/h49-51,53-59H,20-48H2,1-19H3,(H12-,83,84,85,86,87,88,89,90,91,92,93,94,95,101,102,103,105,106,107,108,109,110,111,112,113,114)/p+1. The van der Waals surface area contributed by atoms with Crippen LogP contribution in [-0.4, -0.2) is 247 Å². The van der Waals surface area contributed by atoms with Gasteiger partial charge in [-0.15, -0.1) is 0 Å². The highest BCUT2D eigenvalue weighted by Crippen LogP contribution is 2.38.